The van der Waals surface area contributed by atoms with Gasteiger partial charge in [-0.3, -0.25) is 0 Å². The topological polar surface area (TPSA) is 0 Å². The third-order valence-electron chi connectivity index (χ3n) is 1.65. The van der Waals surface area contributed by atoms with Crippen LogP contribution in [0.15, 0.2) is 0 Å². The van der Waals surface area contributed by atoms with Crippen molar-refractivity contribution in [1.82, 2.24) is 0 Å². The molecule has 0 aliphatic carbocycles. The summed E-state index contributed by atoms with van der Waals surface area (Å²) in [5.74, 6) is 0. The third-order valence-corrected chi connectivity index (χ3v) is 1.65. The molecule has 0 aromatic heterocycles. The summed E-state index contributed by atoms with van der Waals surface area (Å²) in [5, 5.41) is 0. The van der Waals surface area contributed by atoms with E-state index in [-0.39, 0.29) is 44.2 Å². The second-order valence-corrected chi connectivity index (χ2v) is 2.74. The van der Waals surface area contributed by atoms with Crippen LogP contribution in [0.3, 0.4) is 0 Å². The van der Waals surface area contributed by atoms with Crippen LogP contribution in [-0.2, 0) is 0 Å². The van der Waals surface area contributed by atoms with Crippen LogP contribution in [0.25, 0.3) is 0 Å². The smallest absolute Gasteiger partial charge is 0.171 e. The zero-order valence-corrected chi connectivity index (χ0v) is 10.9. The van der Waals surface area contributed by atoms with E-state index in [1.54, 1.807) is 0 Å². The number of hydrogen-bond acceptors (Lipinski definition) is 0. The molecular formula is C10H23ArF3. The van der Waals surface area contributed by atoms with E-state index in [1.165, 1.54) is 20.8 Å². The van der Waals surface area contributed by atoms with Gasteiger partial charge in [0.25, 0.3) is 0 Å². The maximum absolute atomic E-state index is 11.8. The summed E-state index contributed by atoms with van der Waals surface area (Å²) in [4.78, 5) is 0. The Morgan fingerprint density at radius 1 is 0.857 bits per heavy atom. The minimum atomic E-state index is -4.05. The first kappa shape index (κ1) is 24.3. The molecule has 0 spiro atoms. The number of halogens is 3. The van der Waals surface area contributed by atoms with Crippen LogP contribution in [0.4, 0.5) is 13.2 Å². The third kappa shape index (κ3) is 11.1. The van der Waals surface area contributed by atoms with Gasteiger partial charge in [0.15, 0.2) is 0 Å². The van der Waals surface area contributed by atoms with Gasteiger partial charge in [-0.2, -0.15) is 13.2 Å². The zero-order chi connectivity index (χ0) is 11.7. The SMILES string of the molecule is CC.CC.CCC(C)(C)C(F)(F)F.[Ar]. The van der Waals surface area contributed by atoms with Crippen molar-refractivity contribution in [2.75, 3.05) is 0 Å². The standard InChI is InChI=1S/C6H11F3.2C2H6.Ar/c1-4-5(2,3)6(7,8)9;2*1-2;/h4H2,1-3H3;2*1-2H3;. The summed E-state index contributed by atoms with van der Waals surface area (Å²) in [7, 11) is 0. The van der Waals surface area contributed by atoms with Crippen molar-refractivity contribution in [2.24, 2.45) is 5.41 Å². The summed E-state index contributed by atoms with van der Waals surface area (Å²) in [6.45, 7) is 11.9. The fourth-order valence-corrected chi connectivity index (χ4v) is 0.200. The van der Waals surface area contributed by atoms with Crippen molar-refractivity contribution >= 4 is 0 Å². The van der Waals surface area contributed by atoms with E-state index >= 15 is 0 Å². The van der Waals surface area contributed by atoms with Crippen molar-refractivity contribution in [3.63, 3.8) is 0 Å². The van der Waals surface area contributed by atoms with Crippen LogP contribution in [0, 0.1) is 43.2 Å². The molecule has 0 atom stereocenters. The van der Waals surface area contributed by atoms with Crippen molar-refractivity contribution < 1.29 is 50.9 Å². The van der Waals surface area contributed by atoms with Crippen LogP contribution in [0.1, 0.15) is 54.9 Å². The van der Waals surface area contributed by atoms with E-state index in [1.807, 2.05) is 27.7 Å². The van der Waals surface area contributed by atoms with Gasteiger partial charge in [-0.25, -0.2) is 0 Å². The molecule has 0 fully saturated rings. The molecular weight excluding hydrogens is 217 g/mol. The molecule has 0 unspecified atom stereocenters. The molecule has 0 heterocycles. The number of rotatable bonds is 1. The molecule has 0 radical (unpaired) electrons. The minimum absolute atomic E-state index is 0. The number of hydrogen-bond donors (Lipinski definition) is 0. The first-order valence-corrected chi connectivity index (χ1v) is 4.88. The van der Waals surface area contributed by atoms with Gasteiger partial charge in [-0.05, 0) is 6.42 Å². The van der Waals surface area contributed by atoms with Gasteiger partial charge < -0.3 is 0 Å². The van der Waals surface area contributed by atoms with Gasteiger partial charge in [0.2, 0.25) is 0 Å². The zero-order valence-electron chi connectivity index (χ0n) is 10.2. The predicted octanol–water partition coefficient (Wildman–Crippen LogP) is 5.04. The Morgan fingerprint density at radius 2 is 1.07 bits per heavy atom. The van der Waals surface area contributed by atoms with Crippen molar-refractivity contribution in [3.8, 4) is 0 Å². The summed E-state index contributed by atoms with van der Waals surface area (Å²) in [6.07, 6.45) is -3.92. The van der Waals surface area contributed by atoms with Crippen LogP contribution < -0.4 is 0 Å². The van der Waals surface area contributed by atoms with E-state index in [4.69, 9.17) is 0 Å². The van der Waals surface area contributed by atoms with Crippen molar-refractivity contribution in [3.05, 3.63) is 0 Å². The first-order chi connectivity index (χ1) is 5.81. The number of alkyl halides is 3. The summed E-state index contributed by atoms with van der Waals surface area (Å²) in [5.41, 5.74) is -1.52. The fraction of sp³-hybridized carbons (Fsp3) is 1.00. The van der Waals surface area contributed by atoms with Crippen LogP contribution in [0.5, 0.6) is 0 Å². The maximum Gasteiger partial charge on any atom is 0.393 e. The van der Waals surface area contributed by atoms with Crippen molar-refractivity contribution in [1.29, 1.82) is 0 Å². The summed E-state index contributed by atoms with van der Waals surface area (Å²) >= 11 is 0. The van der Waals surface area contributed by atoms with Crippen LogP contribution in [-0.4, -0.2) is 6.18 Å². The van der Waals surface area contributed by atoms with E-state index in [0.29, 0.717) is 0 Å². The van der Waals surface area contributed by atoms with Gasteiger partial charge >= 0.3 is 6.18 Å². The van der Waals surface area contributed by atoms with E-state index < -0.39 is 11.6 Å². The van der Waals surface area contributed by atoms with E-state index in [0.717, 1.165) is 0 Å². The Hall–Kier alpha value is 1.05. The van der Waals surface area contributed by atoms with Gasteiger partial charge in [0.1, 0.15) is 0 Å². The summed E-state index contributed by atoms with van der Waals surface area (Å²) in [6, 6.07) is 0. The molecule has 0 bridgehead atoms. The Kier molecular flexibility index (Phi) is 21.1. The average Bonchev–Trinajstić information content (AvgIpc) is 2.10. The molecule has 0 aromatic rings. The monoisotopic (exact) mass is 240 g/mol. The molecule has 4 heteroatoms. The normalized spacial score (nSPS) is 9.86. The van der Waals surface area contributed by atoms with Crippen LogP contribution in [0.2, 0.25) is 0 Å². The van der Waals surface area contributed by atoms with E-state index in [9.17, 15) is 13.2 Å². The van der Waals surface area contributed by atoms with E-state index in [2.05, 4.69) is 0 Å². The van der Waals surface area contributed by atoms with Gasteiger partial charge in [-0.15, -0.1) is 0 Å². The molecule has 92 valence electrons. The Balaban J connectivity index is -0.0000000883. The van der Waals surface area contributed by atoms with Gasteiger partial charge in [-0.1, -0.05) is 48.5 Å². The quantitative estimate of drug-likeness (QED) is 0.602. The Labute approximate surface area is 117 Å². The molecule has 0 N–H and O–H groups in total. The molecule has 0 aliphatic rings. The molecule has 0 nitrogen and oxygen atoms in total. The second kappa shape index (κ2) is 12.1. The minimum Gasteiger partial charge on any atom is -0.171 e. The molecule has 0 saturated carbocycles. The Bertz CT molecular complexity index is 98.0. The average molecular weight is 240 g/mol. The fourth-order valence-electron chi connectivity index (χ4n) is 0.200. The molecule has 0 rings (SSSR count). The second-order valence-electron chi connectivity index (χ2n) is 2.74. The van der Waals surface area contributed by atoms with Gasteiger partial charge in [0, 0.05) is 37.7 Å². The van der Waals surface area contributed by atoms with Crippen molar-refractivity contribution in [2.45, 2.75) is 61.1 Å². The molecule has 0 aromatic carbocycles. The maximum atomic E-state index is 11.8. The van der Waals surface area contributed by atoms with Crippen LogP contribution >= 0.6 is 0 Å². The molecule has 0 saturated heterocycles. The summed E-state index contributed by atoms with van der Waals surface area (Å²) < 4.78 is 35.5. The molecule has 0 amide bonds. The predicted molar refractivity (Wildman–Crippen MR) is 52.8 cm³/mol. The Morgan fingerprint density at radius 3 is 1.07 bits per heavy atom. The largest absolute Gasteiger partial charge is 0.393 e. The first-order valence-electron chi connectivity index (χ1n) is 4.88. The molecule has 14 heavy (non-hydrogen) atoms. The molecule has 0 aliphatic heterocycles. The van der Waals surface area contributed by atoms with Gasteiger partial charge in [0.05, 0.1) is 5.41 Å².